The average Bonchev–Trinajstić information content (AvgIpc) is 2.99. The first-order valence-corrected chi connectivity index (χ1v) is 6.34. The van der Waals surface area contributed by atoms with E-state index in [-0.39, 0.29) is 0 Å². The largest absolute Gasteiger partial charge is 0.307 e. The Hall–Kier alpha value is -0.820. The first-order valence-electron chi connectivity index (χ1n) is 6.34. The summed E-state index contributed by atoms with van der Waals surface area (Å²) in [6.45, 7) is 9.09. The molecule has 0 saturated heterocycles. The monoisotopic (exact) mass is 217 g/mol. The van der Waals surface area contributed by atoms with E-state index in [1.54, 1.807) is 0 Å². The second-order valence-electron chi connectivity index (χ2n) is 5.67. The second-order valence-corrected chi connectivity index (χ2v) is 5.67. The molecule has 1 aromatic rings. The Morgan fingerprint density at radius 2 is 1.69 bits per heavy atom. The predicted octanol–water partition coefficient (Wildman–Crippen LogP) is 3.83. The van der Waals surface area contributed by atoms with E-state index in [1.165, 1.54) is 24.0 Å². The van der Waals surface area contributed by atoms with Crippen LogP contribution in [0.4, 0.5) is 0 Å². The molecule has 1 N–H and O–H groups in total. The van der Waals surface area contributed by atoms with Gasteiger partial charge in [-0.05, 0) is 44.6 Å². The van der Waals surface area contributed by atoms with E-state index in [4.69, 9.17) is 0 Å². The Bertz CT molecular complexity index is 348. The van der Waals surface area contributed by atoms with Crippen molar-refractivity contribution in [3.05, 3.63) is 35.4 Å². The first-order chi connectivity index (χ1) is 7.51. The number of aryl methyl sites for hydroxylation is 1. The van der Waals surface area contributed by atoms with Crippen LogP contribution in [0.3, 0.4) is 0 Å². The minimum atomic E-state index is 0.452. The number of benzene rings is 1. The molecular formula is C15H23N. The normalized spacial score (nSPS) is 21.5. The standard InChI is InChI=1S/C15H23N/c1-11-5-7-14(8-6-11)12(2)16-13(3)15(4)9-10-15/h5-8,12-13,16H,9-10H2,1-4H3/t12-,13?/m1/s1. The fraction of sp³-hybridized carbons (Fsp3) is 0.600. The van der Waals surface area contributed by atoms with Gasteiger partial charge in [-0.3, -0.25) is 0 Å². The van der Waals surface area contributed by atoms with Gasteiger partial charge in [-0.2, -0.15) is 0 Å². The molecule has 0 heterocycles. The maximum Gasteiger partial charge on any atom is 0.0294 e. The van der Waals surface area contributed by atoms with Gasteiger partial charge in [-0.1, -0.05) is 36.8 Å². The predicted molar refractivity (Wildman–Crippen MR) is 69.5 cm³/mol. The molecule has 0 aromatic heterocycles. The van der Waals surface area contributed by atoms with Crippen molar-refractivity contribution in [1.82, 2.24) is 5.32 Å². The molecular weight excluding hydrogens is 194 g/mol. The minimum absolute atomic E-state index is 0.452. The van der Waals surface area contributed by atoms with Crippen LogP contribution >= 0.6 is 0 Å². The van der Waals surface area contributed by atoms with Gasteiger partial charge in [0.1, 0.15) is 0 Å². The highest BCUT2D eigenvalue weighted by atomic mass is 15.0. The lowest BCUT2D eigenvalue weighted by molar-refractivity contribution is 0.350. The fourth-order valence-electron chi connectivity index (χ4n) is 2.16. The smallest absolute Gasteiger partial charge is 0.0294 e. The van der Waals surface area contributed by atoms with Gasteiger partial charge in [-0.15, -0.1) is 0 Å². The molecule has 2 rings (SSSR count). The third-order valence-electron chi connectivity index (χ3n) is 4.16. The molecule has 16 heavy (non-hydrogen) atoms. The van der Waals surface area contributed by atoms with Crippen LogP contribution in [0.1, 0.15) is 50.8 Å². The van der Waals surface area contributed by atoms with Crippen molar-refractivity contribution < 1.29 is 0 Å². The summed E-state index contributed by atoms with van der Waals surface area (Å²) in [6, 6.07) is 9.91. The van der Waals surface area contributed by atoms with Gasteiger partial charge >= 0.3 is 0 Å². The van der Waals surface area contributed by atoms with Crippen LogP contribution < -0.4 is 5.32 Å². The summed E-state index contributed by atoms with van der Waals surface area (Å²) >= 11 is 0. The molecule has 88 valence electrons. The molecule has 1 unspecified atom stereocenters. The highest BCUT2D eigenvalue weighted by Gasteiger charge is 2.42. The van der Waals surface area contributed by atoms with Crippen molar-refractivity contribution in [2.75, 3.05) is 0 Å². The zero-order valence-corrected chi connectivity index (χ0v) is 10.9. The maximum absolute atomic E-state index is 3.72. The molecule has 1 nitrogen and oxygen atoms in total. The summed E-state index contributed by atoms with van der Waals surface area (Å²) in [5, 5.41) is 3.72. The van der Waals surface area contributed by atoms with Gasteiger partial charge in [0, 0.05) is 12.1 Å². The lowest BCUT2D eigenvalue weighted by Crippen LogP contribution is -2.35. The summed E-state index contributed by atoms with van der Waals surface area (Å²) in [7, 11) is 0. The van der Waals surface area contributed by atoms with E-state index in [0.29, 0.717) is 17.5 Å². The number of hydrogen-bond donors (Lipinski definition) is 1. The van der Waals surface area contributed by atoms with Crippen molar-refractivity contribution in [1.29, 1.82) is 0 Å². The van der Waals surface area contributed by atoms with Crippen molar-refractivity contribution >= 4 is 0 Å². The molecule has 0 aliphatic heterocycles. The topological polar surface area (TPSA) is 12.0 Å². The average molecular weight is 217 g/mol. The Morgan fingerprint density at radius 3 is 2.19 bits per heavy atom. The Balaban J connectivity index is 1.97. The van der Waals surface area contributed by atoms with Crippen LogP contribution in [0.25, 0.3) is 0 Å². The van der Waals surface area contributed by atoms with Crippen LogP contribution in [0.15, 0.2) is 24.3 Å². The molecule has 2 atom stereocenters. The second kappa shape index (κ2) is 4.21. The number of hydrogen-bond acceptors (Lipinski definition) is 1. The van der Waals surface area contributed by atoms with Crippen molar-refractivity contribution in [2.24, 2.45) is 5.41 Å². The highest BCUT2D eigenvalue weighted by molar-refractivity contribution is 5.23. The van der Waals surface area contributed by atoms with Crippen LogP contribution in [0, 0.1) is 12.3 Å². The zero-order chi connectivity index (χ0) is 11.8. The number of nitrogens with one attached hydrogen (secondary N) is 1. The molecule has 0 bridgehead atoms. The quantitative estimate of drug-likeness (QED) is 0.808. The molecule has 1 saturated carbocycles. The molecule has 1 aliphatic rings. The summed E-state index contributed by atoms with van der Waals surface area (Å²) in [4.78, 5) is 0. The summed E-state index contributed by atoms with van der Waals surface area (Å²) in [5.74, 6) is 0. The van der Waals surface area contributed by atoms with Crippen molar-refractivity contribution in [3.63, 3.8) is 0 Å². The van der Waals surface area contributed by atoms with Crippen molar-refractivity contribution in [2.45, 2.75) is 52.6 Å². The van der Waals surface area contributed by atoms with Gasteiger partial charge in [0.15, 0.2) is 0 Å². The zero-order valence-electron chi connectivity index (χ0n) is 10.9. The van der Waals surface area contributed by atoms with E-state index < -0.39 is 0 Å². The Labute approximate surface area is 99.3 Å². The van der Waals surface area contributed by atoms with Gasteiger partial charge in [-0.25, -0.2) is 0 Å². The van der Waals surface area contributed by atoms with Crippen LogP contribution in [-0.2, 0) is 0 Å². The summed E-state index contributed by atoms with van der Waals surface area (Å²) < 4.78 is 0. The number of rotatable bonds is 4. The molecule has 1 heteroatoms. The van der Waals surface area contributed by atoms with E-state index in [0.717, 1.165) is 0 Å². The van der Waals surface area contributed by atoms with E-state index in [9.17, 15) is 0 Å². The van der Waals surface area contributed by atoms with E-state index in [2.05, 4.69) is 57.3 Å². The molecule has 1 aliphatic carbocycles. The Morgan fingerprint density at radius 1 is 1.12 bits per heavy atom. The molecule has 0 amide bonds. The van der Waals surface area contributed by atoms with Crippen LogP contribution in [0.2, 0.25) is 0 Å². The van der Waals surface area contributed by atoms with Crippen LogP contribution in [0.5, 0.6) is 0 Å². The third kappa shape index (κ3) is 2.46. The SMILES string of the molecule is Cc1ccc([C@@H](C)NC(C)C2(C)CC2)cc1. The lowest BCUT2D eigenvalue weighted by atomic mass is 9.98. The molecule has 1 aromatic carbocycles. The fourth-order valence-corrected chi connectivity index (χ4v) is 2.16. The highest BCUT2D eigenvalue weighted by Crippen LogP contribution is 2.48. The Kier molecular flexibility index (Phi) is 3.07. The van der Waals surface area contributed by atoms with Gasteiger partial charge in [0.05, 0.1) is 0 Å². The third-order valence-corrected chi connectivity index (χ3v) is 4.16. The van der Waals surface area contributed by atoms with Gasteiger partial charge in [0.2, 0.25) is 0 Å². The maximum atomic E-state index is 3.72. The van der Waals surface area contributed by atoms with Crippen LogP contribution in [-0.4, -0.2) is 6.04 Å². The van der Waals surface area contributed by atoms with E-state index in [1.807, 2.05) is 0 Å². The minimum Gasteiger partial charge on any atom is -0.307 e. The summed E-state index contributed by atoms with van der Waals surface area (Å²) in [5.41, 5.74) is 3.28. The molecule has 0 radical (unpaired) electrons. The van der Waals surface area contributed by atoms with E-state index >= 15 is 0 Å². The molecule has 1 fully saturated rings. The van der Waals surface area contributed by atoms with Gasteiger partial charge in [0.25, 0.3) is 0 Å². The molecule has 0 spiro atoms. The lowest BCUT2D eigenvalue weighted by Gasteiger charge is -2.25. The summed E-state index contributed by atoms with van der Waals surface area (Å²) in [6.07, 6.45) is 2.75. The van der Waals surface area contributed by atoms with Crippen molar-refractivity contribution in [3.8, 4) is 0 Å². The first kappa shape index (κ1) is 11.7. The van der Waals surface area contributed by atoms with Gasteiger partial charge < -0.3 is 5.32 Å².